The molecule has 1 aliphatic carbocycles. The molecule has 6 nitrogen and oxygen atoms in total. The molecule has 2 rings (SSSR count). The molecule has 1 aliphatic rings. The van der Waals surface area contributed by atoms with Crippen molar-refractivity contribution in [3.8, 4) is 11.5 Å². The maximum absolute atomic E-state index is 12.8. The molecule has 2 amide bonds. The first-order valence-corrected chi connectivity index (χ1v) is 10.5. The molecular weight excluding hydrogens is 356 g/mol. The summed E-state index contributed by atoms with van der Waals surface area (Å²) in [4.78, 5) is 25.5. The average Bonchev–Trinajstić information content (AvgIpc) is 2.73. The van der Waals surface area contributed by atoms with Crippen LogP contribution in [0.2, 0.25) is 0 Å². The van der Waals surface area contributed by atoms with Crippen molar-refractivity contribution < 1.29 is 19.1 Å². The summed E-state index contributed by atoms with van der Waals surface area (Å²) in [6.45, 7) is 2.76. The van der Waals surface area contributed by atoms with E-state index in [1.165, 1.54) is 20.6 Å². The van der Waals surface area contributed by atoms with Crippen molar-refractivity contribution in [3.63, 3.8) is 0 Å². The molecule has 1 aromatic carbocycles. The third-order valence-corrected chi connectivity index (χ3v) is 5.27. The van der Waals surface area contributed by atoms with E-state index in [4.69, 9.17) is 9.47 Å². The van der Waals surface area contributed by atoms with Crippen molar-refractivity contribution in [2.75, 3.05) is 20.8 Å². The van der Waals surface area contributed by atoms with Crippen LogP contribution in [0.4, 0.5) is 0 Å². The van der Waals surface area contributed by atoms with Gasteiger partial charge < -0.3 is 20.1 Å². The van der Waals surface area contributed by atoms with E-state index in [0.29, 0.717) is 29.2 Å². The fraction of sp³-hybridized carbons (Fsp3) is 0.636. The maximum atomic E-state index is 12.8. The molecule has 28 heavy (non-hydrogen) atoms. The first-order chi connectivity index (χ1) is 13.6. The summed E-state index contributed by atoms with van der Waals surface area (Å²) in [5.74, 6) is 0.368. The number of nitrogens with one attached hydrogen (secondary N) is 2. The lowest BCUT2D eigenvalue weighted by Crippen LogP contribution is -2.36. The van der Waals surface area contributed by atoms with Crippen molar-refractivity contribution in [2.24, 2.45) is 0 Å². The van der Waals surface area contributed by atoms with Gasteiger partial charge in [-0.3, -0.25) is 9.59 Å². The Hall–Kier alpha value is -2.24. The number of methoxy groups -OCH3 is 2. The van der Waals surface area contributed by atoms with Crippen LogP contribution in [0, 0.1) is 0 Å². The monoisotopic (exact) mass is 390 g/mol. The number of carbonyl (C=O) groups excluding carboxylic acids is 2. The van der Waals surface area contributed by atoms with Crippen LogP contribution in [0.25, 0.3) is 0 Å². The average molecular weight is 391 g/mol. The molecule has 1 aromatic rings. The van der Waals surface area contributed by atoms with Gasteiger partial charge in [-0.15, -0.1) is 0 Å². The highest BCUT2D eigenvalue weighted by Gasteiger charge is 2.23. The number of carbonyl (C=O) groups is 2. The Morgan fingerprint density at radius 3 is 2.18 bits per heavy atom. The van der Waals surface area contributed by atoms with Crippen molar-refractivity contribution >= 4 is 11.8 Å². The number of unbranched alkanes of at least 4 members (excludes halogenated alkanes) is 3. The Bertz CT molecular complexity index is 654. The maximum Gasteiger partial charge on any atom is 0.255 e. The quantitative estimate of drug-likeness (QED) is 0.590. The summed E-state index contributed by atoms with van der Waals surface area (Å²) < 4.78 is 10.8. The summed E-state index contributed by atoms with van der Waals surface area (Å²) in [7, 11) is 3.02. The SMILES string of the molecule is CCCCCCNC(=O)c1cc(C(=O)NC2CCCCC2)c(OC)cc1OC. The van der Waals surface area contributed by atoms with Crippen LogP contribution in [0.15, 0.2) is 12.1 Å². The topological polar surface area (TPSA) is 76.7 Å². The number of hydrogen-bond acceptors (Lipinski definition) is 4. The fourth-order valence-electron chi connectivity index (χ4n) is 3.61. The van der Waals surface area contributed by atoms with E-state index >= 15 is 0 Å². The van der Waals surface area contributed by atoms with E-state index in [9.17, 15) is 9.59 Å². The fourth-order valence-corrected chi connectivity index (χ4v) is 3.61. The van der Waals surface area contributed by atoms with Gasteiger partial charge >= 0.3 is 0 Å². The zero-order chi connectivity index (χ0) is 20.4. The number of ether oxygens (including phenoxy) is 2. The van der Waals surface area contributed by atoms with Gasteiger partial charge in [0.25, 0.3) is 11.8 Å². The molecule has 0 aliphatic heterocycles. The standard InChI is InChI=1S/C22H34N2O4/c1-4-5-6-10-13-23-21(25)17-14-18(20(28-3)15-19(17)27-2)22(26)24-16-11-8-7-9-12-16/h14-16H,4-13H2,1-3H3,(H,23,25)(H,24,26). The zero-order valence-electron chi connectivity index (χ0n) is 17.4. The van der Waals surface area contributed by atoms with Gasteiger partial charge in [0, 0.05) is 18.7 Å². The molecule has 0 aromatic heterocycles. The highest BCUT2D eigenvalue weighted by atomic mass is 16.5. The van der Waals surface area contributed by atoms with Gasteiger partial charge in [0.1, 0.15) is 11.5 Å². The Balaban J connectivity index is 2.14. The predicted molar refractivity (Wildman–Crippen MR) is 110 cm³/mol. The van der Waals surface area contributed by atoms with Crippen LogP contribution in [0.1, 0.15) is 85.4 Å². The summed E-state index contributed by atoms with van der Waals surface area (Å²) in [6.07, 6.45) is 9.82. The molecule has 156 valence electrons. The van der Waals surface area contributed by atoms with Crippen LogP contribution in [-0.4, -0.2) is 38.6 Å². The summed E-state index contributed by atoms with van der Waals surface area (Å²) in [5, 5.41) is 6.01. The molecule has 0 heterocycles. The first-order valence-electron chi connectivity index (χ1n) is 10.5. The highest BCUT2D eigenvalue weighted by molar-refractivity contribution is 6.03. The zero-order valence-corrected chi connectivity index (χ0v) is 17.4. The third-order valence-electron chi connectivity index (χ3n) is 5.27. The molecule has 1 saturated carbocycles. The summed E-state index contributed by atoms with van der Waals surface area (Å²) >= 11 is 0. The lowest BCUT2D eigenvalue weighted by atomic mass is 9.95. The lowest BCUT2D eigenvalue weighted by molar-refractivity contribution is 0.0924. The van der Waals surface area contributed by atoms with Crippen molar-refractivity contribution in [1.82, 2.24) is 10.6 Å². The van der Waals surface area contributed by atoms with Gasteiger partial charge in [0.15, 0.2) is 0 Å². The smallest absolute Gasteiger partial charge is 0.255 e. The van der Waals surface area contributed by atoms with E-state index in [1.54, 1.807) is 12.1 Å². The Morgan fingerprint density at radius 1 is 0.929 bits per heavy atom. The number of hydrogen-bond donors (Lipinski definition) is 2. The van der Waals surface area contributed by atoms with E-state index < -0.39 is 0 Å². The Labute approximate surface area is 168 Å². The summed E-state index contributed by atoms with van der Waals surface area (Å²) in [5.41, 5.74) is 0.720. The molecule has 0 bridgehead atoms. The van der Waals surface area contributed by atoms with Crippen LogP contribution in [0.3, 0.4) is 0 Å². The van der Waals surface area contributed by atoms with Gasteiger partial charge in [-0.25, -0.2) is 0 Å². The number of benzene rings is 1. The lowest BCUT2D eigenvalue weighted by Gasteiger charge is -2.23. The second-order valence-electron chi connectivity index (χ2n) is 7.38. The third kappa shape index (κ3) is 6.14. The predicted octanol–water partition coefficient (Wildman–Crippen LogP) is 4.08. The minimum atomic E-state index is -0.234. The molecule has 6 heteroatoms. The Morgan fingerprint density at radius 2 is 1.57 bits per heavy atom. The molecule has 0 atom stereocenters. The van der Waals surface area contributed by atoms with Gasteiger partial charge in [-0.1, -0.05) is 45.4 Å². The van der Waals surface area contributed by atoms with Gasteiger partial charge in [-0.2, -0.15) is 0 Å². The van der Waals surface area contributed by atoms with Crippen LogP contribution >= 0.6 is 0 Å². The first kappa shape index (κ1) is 22.1. The van der Waals surface area contributed by atoms with Crippen LogP contribution in [-0.2, 0) is 0 Å². The van der Waals surface area contributed by atoms with Crippen LogP contribution < -0.4 is 20.1 Å². The van der Waals surface area contributed by atoms with Crippen molar-refractivity contribution in [3.05, 3.63) is 23.3 Å². The normalized spacial score (nSPS) is 14.4. The highest BCUT2D eigenvalue weighted by Crippen LogP contribution is 2.30. The van der Waals surface area contributed by atoms with Crippen molar-refractivity contribution in [2.45, 2.75) is 70.8 Å². The van der Waals surface area contributed by atoms with E-state index in [1.807, 2.05) is 0 Å². The molecular formula is C22H34N2O4. The van der Waals surface area contributed by atoms with Crippen molar-refractivity contribution in [1.29, 1.82) is 0 Å². The van der Waals surface area contributed by atoms with Crippen LogP contribution in [0.5, 0.6) is 11.5 Å². The molecule has 1 fully saturated rings. The van der Waals surface area contributed by atoms with Gasteiger partial charge in [-0.05, 0) is 25.3 Å². The Kier molecular flexibility index (Phi) is 9.11. The molecule has 0 saturated heterocycles. The van der Waals surface area contributed by atoms with E-state index in [-0.39, 0.29) is 17.9 Å². The largest absolute Gasteiger partial charge is 0.496 e. The van der Waals surface area contributed by atoms with Gasteiger partial charge in [0.2, 0.25) is 0 Å². The molecule has 0 spiro atoms. The van der Waals surface area contributed by atoms with E-state index in [2.05, 4.69) is 17.6 Å². The molecule has 0 unspecified atom stereocenters. The molecule has 0 radical (unpaired) electrons. The second-order valence-corrected chi connectivity index (χ2v) is 7.38. The minimum Gasteiger partial charge on any atom is -0.496 e. The second kappa shape index (κ2) is 11.6. The number of amides is 2. The number of rotatable bonds is 10. The molecule has 2 N–H and O–H groups in total. The minimum absolute atomic E-state index is 0.184. The van der Waals surface area contributed by atoms with Gasteiger partial charge in [0.05, 0.1) is 25.3 Å². The summed E-state index contributed by atoms with van der Waals surface area (Å²) in [6, 6.07) is 3.38. The van der Waals surface area contributed by atoms with E-state index in [0.717, 1.165) is 51.4 Å².